The smallest absolute Gasteiger partial charge is 0.465 e. The molecule has 0 aromatic heterocycles. The van der Waals surface area contributed by atoms with Gasteiger partial charge in [0.15, 0.2) is 0 Å². The number of aryl methyl sites for hydroxylation is 1. The first kappa shape index (κ1) is 24.1. The molecule has 3 aromatic carbocycles. The van der Waals surface area contributed by atoms with Gasteiger partial charge in [0.1, 0.15) is 5.75 Å². The fraction of sp³-hybridized carbons (Fsp3) is 0.174. The lowest BCUT2D eigenvalue weighted by molar-refractivity contribution is -0.274. The number of nitrogens with one attached hydrogen (secondary N) is 1. The summed E-state index contributed by atoms with van der Waals surface area (Å²) in [6.45, 7) is 1.84. The van der Waals surface area contributed by atoms with Crippen molar-refractivity contribution in [1.29, 1.82) is 0 Å². The van der Waals surface area contributed by atoms with Crippen LogP contribution in [0.4, 0.5) is 18.9 Å². The van der Waals surface area contributed by atoms with Crippen molar-refractivity contribution in [1.82, 2.24) is 0 Å². The Labute approximate surface area is 189 Å². The molecular weight excluding hydrogens is 459 g/mol. The van der Waals surface area contributed by atoms with E-state index < -0.39 is 22.4 Å². The standard InChI is InChI=1S/C23H20F3NO5S/c1-3-15-8-13-20(14-21(15)22(28)31-2)33(29,30)27-18-9-4-16(5-10-18)17-6-11-19(12-7-17)32-23(24,25)26/h4-14,27H,3H2,1-2H3. The first-order valence-corrected chi connectivity index (χ1v) is 11.2. The van der Waals surface area contributed by atoms with Gasteiger partial charge in [-0.15, -0.1) is 13.2 Å². The van der Waals surface area contributed by atoms with Gasteiger partial charge in [-0.3, -0.25) is 4.72 Å². The molecule has 3 aromatic rings. The third kappa shape index (κ3) is 6.04. The maximum atomic E-state index is 12.8. The second-order valence-corrected chi connectivity index (χ2v) is 8.60. The first-order valence-electron chi connectivity index (χ1n) is 9.72. The van der Waals surface area contributed by atoms with Gasteiger partial charge in [-0.25, -0.2) is 13.2 Å². The molecule has 3 rings (SSSR count). The predicted molar refractivity (Wildman–Crippen MR) is 117 cm³/mol. The maximum Gasteiger partial charge on any atom is 0.573 e. The van der Waals surface area contributed by atoms with E-state index in [1.165, 1.54) is 55.6 Å². The third-order valence-electron chi connectivity index (χ3n) is 4.74. The van der Waals surface area contributed by atoms with Crippen molar-refractivity contribution >= 4 is 21.7 Å². The molecule has 33 heavy (non-hydrogen) atoms. The SMILES string of the molecule is CCc1ccc(S(=O)(=O)Nc2ccc(-c3ccc(OC(F)(F)F)cc3)cc2)cc1C(=O)OC. The van der Waals surface area contributed by atoms with E-state index in [1.807, 2.05) is 6.92 Å². The molecule has 0 unspecified atom stereocenters. The minimum Gasteiger partial charge on any atom is -0.465 e. The van der Waals surface area contributed by atoms with E-state index in [9.17, 15) is 26.4 Å². The van der Waals surface area contributed by atoms with Gasteiger partial charge in [0.05, 0.1) is 17.6 Å². The Bertz CT molecular complexity index is 1240. The molecule has 10 heteroatoms. The van der Waals surface area contributed by atoms with Crippen LogP contribution in [0.25, 0.3) is 11.1 Å². The van der Waals surface area contributed by atoms with Crippen LogP contribution in [0.15, 0.2) is 71.6 Å². The fourth-order valence-electron chi connectivity index (χ4n) is 3.12. The summed E-state index contributed by atoms with van der Waals surface area (Å²) in [6.07, 6.45) is -4.24. The minimum atomic E-state index is -4.77. The Morgan fingerprint density at radius 3 is 2.03 bits per heavy atom. The van der Waals surface area contributed by atoms with Gasteiger partial charge in [0, 0.05) is 5.69 Å². The summed E-state index contributed by atoms with van der Waals surface area (Å²) in [4.78, 5) is 11.9. The number of hydrogen-bond donors (Lipinski definition) is 1. The molecule has 0 radical (unpaired) electrons. The summed E-state index contributed by atoms with van der Waals surface area (Å²) in [5, 5.41) is 0. The Hall–Kier alpha value is -3.53. The van der Waals surface area contributed by atoms with Crippen molar-refractivity contribution in [2.75, 3.05) is 11.8 Å². The number of ether oxygens (including phenoxy) is 2. The summed E-state index contributed by atoms with van der Waals surface area (Å²) in [5.74, 6) is -0.962. The van der Waals surface area contributed by atoms with E-state index in [1.54, 1.807) is 18.2 Å². The molecule has 0 atom stereocenters. The van der Waals surface area contributed by atoms with Gasteiger partial charge in [-0.05, 0) is 59.5 Å². The normalized spacial score (nSPS) is 11.7. The van der Waals surface area contributed by atoms with E-state index in [0.29, 0.717) is 23.1 Å². The molecule has 0 heterocycles. The van der Waals surface area contributed by atoms with Crippen LogP contribution in [0.1, 0.15) is 22.8 Å². The van der Waals surface area contributed by atoms with Gasteiger partial charge in [0.2, 0.25) is 0 Å². The van der Waals surface area contributed by atoms with Gasteiger partial charge in [0.25, 0.3) is 10.0 Å². The topological polar surface area (TPSA) is 81.7 Å². The van der Waals surface area contributed by atoms with E-state index in [0.717, 1.165) is 0 Å². The molecule has 0 saturated carbocycles. The zero-order chi connectivity index (χ0) is 24.2. The number of anilines is 1. The molecule has 1 N–H and O–H groups in total. The number of hydrogen-bond acceptors (Lipinski definition) is 5. The third-order valence-corrected chi connectivity index (χ3v) is 6.12. The van der Waals surface area contributed by atoms with Crippen LogP contribution < -0.4 is 9.46 Å². The molecule has 0 aliphatic rings. The fourth-order valence-corrected chi connectivity index (χ4v) is 4.21. The number of benzene rings is 3. The van der Waals surface area contributed by atoms with Gasteiger partial charge < -0.3 is 9.47 Å². The molecule has 0 aliphatic carbocycles. The van der Waals surface area contributed by atoms with Crippen LogP contribution in [0.5, 0.6) is 5.75 Å². The summed E-state index contributed by atoms with van der Waals surface area (Å²) in [6, 6.07) is 15.8. The highest BCUT2D eigenvalue weighted by Crippen LogP contribution is 2.28. The van der Waals surface area contributed by atoms with E-state index >= 15 is 0 Å². The maximum absolute atomic E-state index is 12.8. The number of alkyl halides is 3. The van der Waals surface area contributed by atoms with Crippen LogP contribution in [0.2, 0.25) is 0 Å². The summed E-state index contributed by atoms with van der Waals surface area (Å²) in [5.41, 5.74) is 2.40. The second-order valence-electron chi connectivity index (χ2n) is 6.92. The van der Waals surface area contributed by atoms with E-state index in [4.69, 9.17) is 4.74 Å². The molecule has 0 saturated heterocycles. The summed E-state index contributed by atoms with van der Waals surface area (Å²) < 4.78 is 73.5. The molecule has 0 fully saturated rings. The van der Waals surface area contributed by atoms with Crippen LogP contribution in [-0.4, -0.2) is 27.9 Å². The van der Waals surface area contributed by atoms with E-state index in [-0.39, 0.29) is 21.9 Å². The Kier molecular flexibility index (Phi) is 6.97. The van der Waals surface area contributed by atoms with Crippen LogP contribution >= 0.6 is 0 Å². The Morgan fingerprint density at radius 1 is 0.939 bits per heavy atom. The number of halogens is 3. The van der Waals surface area contributed by atoms with Crippen molar-refractivity contribution in [2.45, 2.75) is 24.6 Å². The lowest BCUT2D eigenvalue weighted by Crippen LogP contribution is -2.16. The first-order chi connectivity index (χ1) is 15.5. The average Bonchev–Trinajstić information content (AvgIpc) is 2.78. The molecule has 0 amide bonds. The number of sulfonamides is 1. The number of methoxy groups -OCH3 is 1. The van der Waals surface area contributed by atoms with Crippen LogP contribution in [0.3, 0.4) is 0 Å². The molecule has 6 nitrogen and oxygen atoms in total. The summed E-state index contributed by atoms with van der Waals surface area (Å²) >= 11 is 0. The van der Waals surface area contributed by atoms with Crippen LogP contribution in [-0.2, 0) is 21.2 Å². The minimum absolute atomic E-state index is 0.0931. The second kappa shape index (κ2) is 9.53. The molecule has 0 aliphatic heterocycles. The number of carbonyl (C=O) groups excluding carboxylic acids is 1. The van der Waals surface area contributed by atoms with E-state index in [2.05, 4.69) is 9.46 Å². The predicted octanol–water partition coefficient (Wildman–Crippen LogP) is 5.40. The van der Waals surface area contributed by atoms with Crippen molar-refractivity contribution in [3.63, 3.8) is 0 Å². The number of rotatable bonds is 7. The van der Waals surface area contributed by atoms with Crippen molar-refractivity contribution in [3.8, 4) is 16.9 Å². The lowest BCUT2D eigenvalue weighted by atomic mass is 10.1. The van der Waals surface area contributed by atoms with Crippen molar-refractivity contribution in [2.24, 2.45) is 0 Å². The Morgan fingerprint density at radius 2 is 1.52 bits per heavy atom. The molecule has 0 bridgehead atoms. The quantitative estimate of drug-likeness (QED) is 0.459. The number of carbonyl (C=O) groups is 1. The largest absolute Gasteiger partial charge is 0.573 e. The van der Waals surface area contributed by atoms with Crippen molar-refractivity contribution in [3.05, 3.63) is 77.9 Å². The lowest BCUT2D eigenvalue weighted by Gasteiger charge is -2.12. The Balaban J connectivity index is 1.79. The highest BCUT2D eigenvalue weighted by molar-refractivity contribution is 7.92. The average molecular weight is 479 g/mol. The molecule has 174 valence electrons. The van der Waals surface area contributed by atoms with Gasteiger partial charge in [-0.1, -0.05) is 37.3 Å². The monoisotopic (exact) mass is 479 g/mol. The van der Waals surface area contributed by atoms with Crippen molar-refractivity contribution < 1.29 is 35.9 Å². The zero-order valence-corrected chi connectivity index (χ0v) is 18.5. The number of esters is 1. The highest BCUT2D eigenvalue weighted by atomic mass is 32.2. The highest BCUT2D eigenvalue weighted by Gasteiger charge is 2.31. The van der Waals surface area contributed by atoms with Crippen LogP contribution in [0, 0.1) is 0 Å². The molecule has 0 spiro atoms. The van der Waals surface area contributed by atoms with Gasteiger partial charge in [-0.2, -0.15) is 0 Å². The molecular formula is C23H20F3NO5S. The van der Waals surface area contributed by atoms with Gasteiger partial charge >= 0.3 is 12.3 Å². The zero-order valence-electron chi connectivity index (χ0n) is 17.6. The summed E-state index contributed by atoms with van der Waals surface area (Å²) in [7, 11) is -2.76.